The zero-order valence-electron chi connectivity index (χ0n) is 11.2. The first-order valence-electron chi connectivity index (χ1n) is 5.83. The molecule has 3 aromatic heterocycles. The van der Waals surface area contributed by atoms with Gasteiger partial charge in [0.2, 0.25) is 0 Å². The summed E-state index contributed by atoms with van der Waals surface area (Å²) in [5, 5.41) is 15.0. The molecular weight excluding hydrogens is 301 g/mol. The van der Waals surface area contributed by atoms with Crippen molar-refractivity contribution < 1.29 is 61.3 Å². The van der Waals surface area contributed by atoms with Crippen molar-refractivity contribution in [3.63, 3.8) is 0 Å². The molecule has 0 amide bonds. The standard InChI is InChI=1S/C13H11N3O2S.K/c1-2-8-3-4-16-10(8)5-9(6-15-16)11-7-14-12(19-11)13(17)18;/h3-7H,2H2,1H3,(H,17,18);/q;+1/p-1. The summed E-state index contributed by atoms with van der Waals surface area (Å²) in [4.78, 5) is 15.3. The monoisotopic (exact) mass is 311 g/mol. The summed E-state index contributed by atoms with van der Waals surface area (Å²) in [7, 11) is 0. The van der Waals surface area contributed by atoms with Crippen molar-refractivity contribution in [3.05, 3.63) is 41.3 Å². The predicted molar refractivity (Wildman–Crippen MR) is 70.0 cm³/mol. The first-order chi connectivity index (χ1) is 9.19. The van der Waals surface area contributed by atoms with Gasteiger partial charge in [0.15, 0.2) is 0 Å². The molecule has 0 radical (unpaired) electrons. The first-order valence-corrected chi connectivity index (χ1v) is 6.64. The van der Waals surface area contributed by atoms with Crippen LogP contribution in [0.25, 0.3) is 16.0 Å². The van der Waals surface area contributed by atoms with E-state index in [9.17, 15) is 9.90 Å². The molecular formula is C13H10KN3O2S. The molecule has 20 heavy (non-hydrogen) atoms. The van der Waals surface area contributed by atoms with Gasteiger partial charge in [0, 0.05) is 18.0 Å². The normalized spacial score (nSPS) is 10.4. The smallest absolute Gasteiger partial charge is 0.542 e. The van der Waals surface area contributed by atoms with Gasteiger partial charge in [0.1, 0.15) is 11.0 Å². The maximum Gasteiger partial charge on any atom is 1.00 e. The number of nitrogens with zero attached hydrogens (tertiary/aromatic N) is 3. The Bertz CT molecular complexity index is 766. The van der Waals surface area contributed by atoms with E-state index in [1.165, 1.54) is 11.8 Å². The quantitative estimate of drug-likeness (QED) is 0.546. The predicted octanol–water partition coefficient (Wildman–Crippen LogP) is -1.61. The number of carbonyl (C=O) groups excluding carboxylic acids is 1. The molecule has 0 aliphatic carbocycles. The Balaban J connectivity index is 0.00000147. The van der Waals surface area contributed by atoms with Crippen molar-refractivity contribution in [2.45, 2.75) is 13.3 Å². The van der Waals surface area contributed by atoms with E-state index in [2.05, 4.69) is 17.0 Å². The summed E-state index contributed by atoms with van der Waals surface area (Å²) in [6.07, 6.45) is 6.09. The van der Waals surface area contributed by atoms with Crippen LogP contribution >= 0.6 is 11.3 Å². The van der Waals surface area contributed by atoms with E-state index in [-0.39, 0.29) is 56.4 Å². The van der Waals surface area contributed by atoms with Crippen molar-refractivity contribution in [2.24, 2.45) is 0 Å². The first kappa shape index (κ1) is 15.8. The Morgan fingerprint density at radius 2 is 2.25 bits per heavy atom. The molecule has 0 saturated carbocycles. The van der Waals surface area contributed by atoms with Crippen molar-refractivity contribution in [1.82, 2.24) is 14.6 Å². The van der Waals surface area contributed by atoms with Gasteiger partial charge in [0.25, 0.3) is 0 Å². The minimum Gasteiger partial charge on any atom is -0.542 e. The van der Waals surface area contributed by atoms with Crippen LogP contribution in [-0.2, 0) is 6.42 Å². The van der Waals surface area contributed by atoms with E-state index in [0.29, 0.717) is 0 Å². The van der Waals surface area contributed by atoms with Crippen molar-refractivity contribution in [3.8, 4) is 10.4 Å². The van der Waals surface area contributed by atoms with Gasteiger partial charge in [-0.05, 0) is 24.1 Å². The molecule has 0 saturated heterocycles. The van der Waals surface area contributed by atoms with Crippen LogP contribution in [0.4, 0.5) is 0 Å². The number of hydrogen-bond acceptors (Lipinski definition) is 5. The molecule has 0 unspecified atom stereocenters. The molecule has 3 aromatic rings. The molecule has 0 aliphatic rings. The Kier molecular flexibility index (Phi) is 5.11. The number of fused-ring (bicyclic) bond motifs is 1. The Morgan fingerprint density at radius 1 is 1.45 bits per heavy atom. The second kappa shape index (κ2) is 6.46. The number of thiazole rings is 1. The van der Waals surface area contributed by atoms with Gasteiger partial charge in [-0.2, -0.15) is 5.10 Å². The fraction of sp³-hybridized carbons (Fsp3) is 0.154. The number of carbonyl (C=O) groups is 1. The topological polar surface area (TPSA) is 70.3 Å². The van der Waals surface area contributed by atoms with Crippen LogP contribution in [0.2, 0.25) is 0 Å². The average Bonchev–Trinajstić information content (AvgIpc) is 3.04. The summed E-state index contributed by atoms with van der Waals surface area (Å²) in [5.74, 6) is -1.25. The Labute approximate surface area is 162 Å². The van der Waals surface area contributed by atoms with Gasteiger partial charge in [-0.1, -0.05) is 6.92 Å². The van der Waals surface area contributed by atoms with Crippen LogP contribution in [0.15, 0.2) is 30.7 Å². The van der Waals surface area contributed by atoms with Gasteiger partial charge >= 0.3 is 51.4 Å². The zero-order chi connectivity index (χ0) is 13.4. The van der Waals surface area contributed by atoms with Gasteiger partial charge in [-0.25, -0.2) is 9.50 Å². The molecule has 0 aliphatic heterocycles. The van der Waals surface area contributed by atoms with E-state index in [0.717, 1.165) is 33.7 Å². The maximum atomic E-state index is 10.7. The summed E-state index contributed by atoms with van der Waals surface area (Å²) >= 11 is 1.10. The van der Waals surface area contributed by atoms with Crippen LogP contribution in [0, 0.1) is 0 Å². The number of carboxylic acids is 1. The average molecular weight is 311 g/mol. The molecule has 0 atom stereocenters. The van der Waals surface area contributed by atoms with E-state index < -0.39 is 5.97 Å². The minimum absolute atomic E-state index is 0. The molecule has 3 rings (SSSR count). The Hall–Kier alpha value is -0.574. The molecule has 0 aromatic carbocycles. The third-order valence-corrected chi connectivity index (χ3v) is 3.98. The minimum atomic E-state index is -1.25. The SMILES string of the molecule is CCc1ccn2ncc(-c3cnc(C(=O)[O-])s3)cc12.[K+]. The molecule has 3 heterocycles. The van der Waals surface area contributed by atoms with Crippen molar-refractivity contribution in [2.75, 3.05) is 0 Å². The number of aromatic carboxylic acids is 1. The molecule has 0 spiro atoms. The van der Waals surface area contributed by atoms with E-state index in [1.807, 2.05) is 22.8 Å². The summed E-state index contributed by atoms with van der Waals surface area (Å²) in [6.45, 7) is 2.09. The van der Waals surface area contributed by atoms with E-state index in [1.54, 1.807) is 6.20 Å². The summed E-state index contributed by atoms with van der Waals surface area (Å²) in [6, 6.07) is 4.03. The summed E-state index contributed by atoms with van der Waals surface area (Å²) < 4.78 is 1.81. The Morgan fingerprint density at radius 3 is 2.90 bits per heavy atom. The number of carboxylic acid groups (broad SMARTS) is 1. The number of aromatic nitrogens is 3. The summed E-state index contributed by atoms with van der Waals surface area (Å²) in [5.41, 5.74) is 3.10. The van der Waals surface area contributed by atoms with Gasteiger partial charge in [-0.3, -0.25) is 0 Å². The van der Waals surface area contributed by atoms with Crippen LogP contribution in [-0.4, -0.2) is 20.6 Å². The molecule has 7 heteroatoms. The zero-order valence-corrected chi connectivity index (χ0v) is 15.1. The van der Waals surface area contributed by atoms with Gasteiger partial charge in [-0.15, -0.1) is 11.3 Å². The molecule has 0 N–H and O–H groups in total. The second-order valence-corrected chi connectivity index (χ2v) is 5.12. The molecule has 0 fully saturated rings. The van der Waals surface area contributed by atoms with Crippen LogP contribution in [0.3, 0.4) is 0 Å². The molecule has 5 nitrogen and oxygen atoms in total. The van der Waals surface area contributed by atoms with Crippen molar-refractivity contribution >= 4 is 22.8 Å². The number of rotatable bonds is 3. The molecule has 0 bridgehead atoms. The third-order valence-electron chi connectivity index (χ3n) is 2.95. The van der Waals surface area contributed by atoms with Crippen LogP contribution in [0.1, 0.15) is 22.3 Å². The van der Waals surface area contributed by atoms with Crippen LogP contribution in [0.5, 0.6) is 0 Å². The van der Waals surface area contributed by atoms with Crippen molar-refractivity contribution in [1.29, 1.82) is 0 Å². The van der Waals surface area contributed by atoms with Gasteiger partial charge < -0.3 is 9.90 Å². The number of aryl methyl sites for hydroxylation is 1. The van der Waals surface area contributed by atoms with Crippen LogP contribution < -0.4 is 56.5 Å². The fourth-order valence-corrected chi connectivity index (χ4v) is 2.71. The molecule has 96 valence electrons. The third kappa shape index (κ3) is 2.88. The number of hydrogen-bond donors (Lipinski definition) is 0. The van der Waals surface area contributed by atoms with Gasteiger partial charge in [0.05, 0.1) is 16.6 Å². The fourth-order valence-electron chi connectivity index (χ4n) is 1.98. The van der Waals surface area contributed by atoms with E-state index >= 15 is 0 Å². The second-order valence-electron chi connectivity index (χ2n) is 4.09. The maximum absolute atomic E-state index is 10.7. The van der Waals surface area contributed by atoms with E-state index in [4.69, 9.17) is 0 Å². The largest absolute Gasteiger partial charge is 1.00 e.